The fourth-order valence-electron chi connectivity index (χ4n) is 1.50. The molecule has 0 bridgehead atoms. The summed E-state index contributed by atoms with van der Waals surface area (Å²) in [5.41, 5.74) is -0.790. The third-order valence-electron chi connectivity index (χ3n) is 2.48. The molecule has 0 aliphatic heterocycles. The molecule has 1 rings (SSSR count). The number of hydrogen-bond donors (Lipinski definition) is 0. The second kappa shape index (κ2) is 6.95. The number of halogens is 2. The third-order valence-corrected chi connectivity index (χ3v) is 3.08. The van der Waals surface area contributed by atoms with Gasteiger partial charge in [0.15, 0.2) is 0 Å². The molecule has 0 saturated carbocycles. The first-order valence-corrected chi connectivity index (χ1v) is 6.85. The van der Waals surface area contributed by atoms with E-state index < -0.39 is 17.5 Å². The first kappa shape index (κ1) is 16.8. The molecule has 0 amide bonds. The molecule has 1 aromatic rings. The number of carbonyl (C=O) groups is 2. The van der Waals surface area contributed by atoms with E-state index in [-0.39, 0.29) is 13.0 Å². The van der Waals surface area contributed by atoms with Crippen LogP contribution in [0.2, 0.25) is 10.0 Å². The fraction of sp³-hybridized carbons (Fsp3) is 0.429. The highest BCUT2D eigenvalue weighted by molar-refractivity contribution is 6.33. The Morgan fingerprint density at radius 1 is 1.25 bits per heavy atom. The first-order valence-electron chi connectivity index (χ1n) is 6.09. The van der Waals surface area contributed by atoms with E-state index in [2.05, 4.69) is 0 Å². The van der Waals surface area contributed by atoms with Crippen molar-refractivity contribution in [1.29, 1.82) is 0 Å². The molecule has 0 aliphatic carbocycles. The van der Waals surface area contributed by atoms with Gasteiger partial charge in [-0.1, -0.05) is 23.2 Å². The first-order chi connectivity index (χ1) is 9.26. The van der Waals surface area contributed by atoms with E-state index in [0.29, 0.717) is 15.6 Å². The van der Waals surface area contributed by atoms with Crippen LogP contribution in [0.3, 0.4) is 0 Å². The minimum atomic E-state index is -1.34. The number of benzene rings is 1. The third kappa shape index (κ3) is 4.69. The van der Waals surface area contributed by atoms with Crippen molar-refractivity contribution in [2.24, 2.45) is 0 Å². The van der Waals surface area contributed by atoms with Gasteiger partial charge in [0.1, 0.15) is 0 Å². The van der Waals surface area contributed by atoms with Gasteiger partial charge in [-0.3, -0.25) is 4.79 Å². The van der Waals surface area contributed by atoms with Crippen LogP contribution in [0, 0.1) is 0 Å². The van der Waals surface area contributed by atoms with Crippen LogP contribution in [-0.4, -0.2) is 24.1 Å². The van der Waals surface area contributed by atoms with Gasteiger partial charge in [0.25, 0.3) is 0 Å². The van der Waals surface area contributed by atoms with Gasteiger partial charge in [-0.15, -0.1) is 0 Å². The molecule has 0 radical (unpaired) electrons. The van der Waals surface area contributed by atoms with Crippen LogP contribution in [0.15, 0.2) is 18.2 Å². The van der Waals surface area contributed by atoms with Crippen molar-refractivity contribution >= 4 is 35.1 Å². The summed E-state index contributed by atoms with van der Waals surface area (Å²) in [6, 6.07) is 4.81. The van der Waals surface area contributed by atoms with Crippen LogP contribution >= 0.6 is 23.2 Å². The molecule has 1 aromatic carbocycles. The zero-order valence-electron chi connectivity index (χ0n) is 11.5. The molecular formula is C14H16Cl2O4. The molecule has 110 valence electrons. The van der Waals surface area contributed by atoms with E-state index in [1.807, 2.05) is 0 Å². The van der Waals surface area contributed by atoms with E-state index in [1.165, 1.54) is 13.8 Å². The topological polar surface area (TPSA) is 52.6 Å². The summed E-state index contributed by atoms with van der Waals surface area (Å²) < 4.78 is 9.97. The number of carbonyl (C=O) groups excluding carboxylic acids is 2. The van der Waals surface area contributed by atoms with E-state index in [0.717, 1.165) is 0 Å². The summed E-state index contributed by atoms with van der Waals surface area (Å²) >= 11 is 11.8. The van der Waals surface area contributed by atoms with E-state index >= 15 is 0 Å². The quantitative estimate of drug-likeness (QED) is 0.780. The Hall–Kier alpha value is -1.26. The van der Waals surface area contributed by atoms with Crippen molar-refractivity contribution in [2.75, 3.05) is 6.61 Å². The smallest absolute Gasteiger partial charge is 0.349 e. The average Bonchev–Trinajstić information content (AvgIpc) is 2.33. The Bertz CT molecular complexity index is 512. The highest BCUT2D eigenvalue weighted by Crippen LogP contribution is 2.22. The van der Waals surface area contributed by atoms with Crippen molar-refractivity contribution in [1.82, 2.24) is 0 Å². The highest BCUT2D eigenvalue weighted by Gasteiger charge is 2.33. The molecule has 0 spiro atoms. The Morgan fingerprint density at radius 3 is 2.50 bits per heavy atom. The predicted octanol–water partition coefficient (Wildman–Crippen LogP) is 3.42. The van der Waals surface area contributed by atoms with Gasteiger partial charge in [0.2, 0.25) is 5.60 Å². The minimum absolute atomic E-state index is 0.0672. The Labute approximate surface area is 128 Å². The van der Waals surface area contributed by atoms with Crippen molar-refractivity contribution < 1.29 is 19.1 Å². The molecule has 0 fully saturated rings. The molecule has 20 heavy (non-hydrogen) atoms. The fourth-order valence-corrected chi connectivity index (χ4v) is 1.88. The molecule has 0 aliphatic rings. The SMILES string of the molecule is CCOC(=O)C(C)(C)OC(=O)Cc1cc(Cl)ccc1Cl. The lowest BCUT2D eigenvalue weighted by molar-refractivity contribution is -0.177. The van der Waals surface area contributed by atoms with E-state index in [4.69, 9.17) is 32.7 Å². The van der Waals surface area contributed by atoms with Gasteiger partial charge in [-0.05, 0) is 44.5 Å². The van der Waals surface area contributed by atoms with E-state index in [1.54, 1.807) is 25.1 Å². The molecule has 0 unspecified atom stereocenters. The average molecular weight is 319 g/mol. The monoisotopic (exact) mass is 318 g/mol. The van der Waals surface area contributed by atoms with Gasteiger partial charge >= 0.3 is 11.9 Å². The largest absolute Gasteiger partial charge is 0.463 e. The summed E-state index contributed by atoms with van der Waals surface area (Å²) in [7, 11) is 0. The number of ether oxygens (including phenoxy) is 2. The maximum absolute atomic E-state index is 11.9. The van der Waals surface area contributed by atoms with Crippen LogP contribution in [0.25, 0.3) is 0 Å². The lowest BCUT2D eigenvalue weighted by atomic mass is 10.1. The normalized spacial score (nSPS) is 11.1. The maximum atomic E-state index is 11.9. The Balaban J connectivity index is 2.72. The van der Waals surface area contributed by atoms with Crippen LogP contribution in [0.5, 0.6) is 0 Å². The summed E-state index contributed by atoms with van der Waals surface area (Å²) in [6.07, 6.45) is -0.0672. The summed E-state index contributed by atoms with van der Waals surface area (Å²) in [6.45, 7) is 4.85. The Kier molecular flexibility index (Phi) is 5.84. The molecular weight excluding hydrogens is 303 g/mol. The number of hydrogen-bond acceptors (Lipinski definition) is 4. The molecule has 6 heteroatoms. The van der Waals surface area contributed by atoms with Gasteiger partial charge in [0, 0.05) is 10.0 Å². The second-order valence-corrected chi connectivity index (χ2v) is 5.46. The zero-order valence-corrected chi connectivity index (χ0v) is 13.0. The van der Waals surface area contributed by atoms with Crippen molar-refractivity contribution in [2.45, 2.75) is 32.8 Å². The van der Waals surface area contributed by atoms with Gasteiger partial charge in [-0.2, -0.15) is 0 Å². The molecule has 0 saturated heterocycles. The van der Waals surface area contributed by atoms with Crippen molar-refractivity contribution in [3.8, 4) is 0 Å². The standard InChI is InChI=1S/C14H16Cl2O4/c1-4-19-13(18)14(2,3)20-12(17)8-9-7-10(15)5-6-11(9)16/h5-7H,4,8H2,1-3H3. The summed E-state index contributed by atoms with van der Waals surface area (Å²) in [4.78, 5) is 23.5. The molecule has 0 heterocycles. The van der Waals surface area contributed by atoms with Gasteiger partial charge in [0.05, 0.1) is 13.0 Å². The molecule has 0 aromatic heterocycles. The van der Waals surface area contributed by atoms with Gasteiger partial charge < -0.3 is 9.47 Å². The maximum Gasteiger partial charge on any atom is 0.349 e. The van der Waals surface area contributed by atoms with Crippen LogP contribution < -0.4 is 0 Å². The summed E-state index contributed by atoms with van der Waals surface area (Å²) in [5.74, 6) is -1.17. The Morgan fingerprint density at radius 2 is 1.90 bits per heavy atom. The van der Waals surface area contributed by atoms with Crippen LogP contribution in [-0.2, 0) is 25.5 Å². The van der Waals surface area contributed by atoms with E-state index in [9.17, 15) is 9.59 Å². The van der Waals surface area contributed by atoms with Gasteiger partial charge in [-0.25, -0.2) is 4.79 Å². The van der Waals surface area contributed by atoms with Crippen molar-refractivity contribution in [3.05, 3.63) is 33.8 Å². The van der Waals surface area contributed by atoms with Crippen LogP contribution in [0.4, 0.5) is 0 Å². The zero-order chi connectivity index (χ0) is 15.3. The molecule has 0 atom stereocenters. The molecule has 0 N–H and O–H groups in total. The predicted molar refractivity (Wildman–Crippen MR) is 77.0 cm³/mol. The summed E-state index contributed by atoms with van der Waals surface area (Å²) in [5, 5.41) is 0.891. The van der Waals surface area contributed by atoms with Crippen LogP contribution in [0.1, 0.15) is 26.3 Å². The minimum Gasteiger partial charge on any atom is -0.463 e. The second-order valence-electron chi connectivity index (χ2n) is 4.62. The number of esters is 2. The molecule has 4 nitrogen and oxygen atoms in total. The lowest BCUT2D eigenvalue weighted by Crippen LogP contribution is -2.39. The lowest BCUT2D eigenvalue weighted by Gasteiger charge is -2.22. The van der Waals surface area contributed by atoms with Crippen molar-refractivity contribution in [3.63, 3.8) is 0 Å². The number of rotatable bonds is 5. The highest BCUT2D eigenvalue weighted by atomic mass is 35.5.